The molecule has 0 saturated heterocycles. The van der Waals surface area contributed by atoms with Gasteiger partial charge in [-0.1, -0.05) is 43.2 Å². The van der Waals surface area contributed by atoms with E-state index in [1.165, 1.54) is 21.6 Å². The summed E-state index contributed by atoms with van der Waals surface area (Å²) in [5, 5.41) is 35.2. The number of hydrogen-bond donors (Lipinski definition) is 11. The van der Waals surface area contributed by atoms with Gasteiger partial charge in [-0.3, -0.25) is 38.4 Å². The highest BCUT2D eigenvalue weighted by atomic mass is 33.1. The lowest BCUT2D eigenvalue weighted by molar-refractivity contribution is -0.140. The third-order valence-electron chi connectivity index (χ3n) is 4.94. The van der Waals surface area contributed by atoms with Crippen molar-refractivity contribution in [1.29, 1.82) is 0 Å². The molecule has 0 aromatic rings. The van der Waals surface area contributed by atoms with Crippen LogP contribution in [0.3, 0.4) is 0 Å². The van der Waals surface area contributed by atoms with E-state index >= 15 is 0 Å². The maximum Gasteiger partial charge on any atom is 0.322 e. The van der Waals surface area contributed by atoms with Gasteiger partial charge in [-0.25, -0.2) is 0 Å². The van der Waals surface area contributed by atoms with E-state index < -0.39 is 96.2 Å². The van der Waals surface area contributed by atoms with Crippen LogP contribution in [0.25, 0.3) is 0 Å². The Hall–Kier alpha value is -2.96. The van der Waals surface area contributed by atoms with Gasteiger partial charge in [0.25, 0.3) is 11.8 Å². The minimum atomic E-state index is -1.53. The van der Waals surface area contributed by atoms with E-state index in [9.17, 15) is 38.4 Å². The first-order valence-electron chi connectivity index (χ1n) is 13.0. The molecule has 19 nitrogen and oxygen atoms in total. The van der Waals surface area contributed by atoms with Crippen molar-refractivity contribution in [3.8, 4) is 0 Å². The van der Waals surface area contributed by atoms with Crippen LogP contribution in [0.2, 0.25) is 0 Å². The van der Waals surface area contributed by atoms with Gasteiger partial charge in [0, 0.05) is 37.4 Å². The molecular formula is C22H38N8O11S4. The SMILES string of the molecule is NCCSSCCNC(=O)CNC(=O)C(NC(=O)CC[C@H](N)C(=O)O)SS[C@H](NC(=O)CC[C@H](N)C(=O)O)C(=O)NCC(=O)O. The van der Waals surface area contributed by atoms with Crippen molar-refractivity contribution in [3.63, 3.8) is 0 Å². The second kappa shape index (κ2) is 24.3. The Kier molecular flexibility index (Phi) is 22.7. The normalized spacial score (nSPS) is 13.3. The van der Waals surface area contributed by atoms with Gasteiger partial charge in [-0.05, 0) is 12.8 Å². The van der Waals surface area contributed by atoms with Gasteiger partial charge in [-0.15, -0.1) is 0 Å². The third kappa shape index (κ3) is 21.4. The minimum absolute atomic E-state index is 0.272. The molecule has 0 saturated carbocycles. The molecule has 0 heterocycles. The van der Waals surface area contributed by atoms with E-state index in [1.807, 2.05) is 0 Å². The lowest BCUT2D eigenvalue weighted by Crippen LogP contribution is -2.49. The molecule has 0 bridgehead atoms. The van der Waals surface area contributed by atoms with Gasteiger partial charge in [-0.2, -0.15) is 0 Å². The van der Waals surface area contributed by atoms with Crippen LogP contribution in [0.5, 0.6) is 0 Å². The number of rotatable bonds is 25. The smallest absolute Gasteiger partial charge is 0.322 e. The van der Waals surface area contributed by atoms with Gasteiger partial charge in [0.15, 0.2) is 10.7 Å². The lowest BCUT2D eigenvalue weighted by Gasteiger charge is -2.22. The molecule has 0 spiro atoms. The fourth-order valence-electron chi connectivity index (χ4n) is 2.61. The van der Waals surface area contributed by atoms with Crippen LogP contribution in [0.15, 0.2) is 0 Å². The molecule has 4 atom stereocenters. The zero-order chi connectivity index (χ0) is 34.4. The summed E-state index contributed by atoms with van der Waals surface area (Å²) in [5.74, 6) is -6.83. The summed E-state index contributed by atoms with van der Waals surface area (Å²) >= 11 is 0. The van der Waals surface area contributed by atoms with Gasteiger partial charge in [0.05, 0.1) is 6.54 Å². The summed E-state index contributed by atoms with van der Waals surface area (Å²) in [6.07, 6.45) is -1.36. The molecule has 0 fully saturated rings. The second-order valence-corrected chi connectivity index (χ2v) is 13.9. The molecule has 0 rings (SSSR count). The van der Waals surface area contributed by atoms with E-state index in [0.29, 0.717) is 40.4 Å². The molecule has 14 N–H and O–H groups in total. The van der Waals surface area contributed by atoms with Crippen molar-refractivity contribution in [2.45, 2.75) is 48.5 Å². The molecule has 0 aliphatic rings. The Labute approximate surface area is 273 Å². The molecule has 0 aliphatic heterocycles. The fraction of sp³-hybridized carbons (Fsp3) is 0.636. The topological polar surface area (TPSA) is 335 Å². The molecule has 256 valence electrons. The quantitative estimate of drug-likeness (QED) is 0.0247. The predicted octanol–water partition coefficient (Wildman–Crippen LogP) is -3.59. The van der Waals surface area contributed by atoms with Gasteiger partial charge in [0.1, 0.15) is 18.6 Å². The van der Waals surface area contributed by atoms with Crippen LogP contribution in [-0.4, -0.2) is 123 Å². The Morgan fingerprint density at radius 1 is 0.622 bits per heavy atom. The minimum Gasteiger partial charge on any atom is -0.480 e. The second-order valence-electron chi connectivity index (χ2n) is 8.67. The molecule has 23 heteroatoms. The van der Waals surface area contributed by atoms with Crippen LogP contribution in [0.1, 0.15) is 25.7 Å². The van der Waals surface area contributed by atoms with Crippen molar-refractivity contribution < 1.29 is 53.7 Å². The fourth-order valence-corrected chi connectivity index (χ4v) is 6.78. The maximum absolute atomic E-state index is 12.9. The highest BCUT2D eigenvalue weighted by Crippen LogP contribution is 2.30. The highest BCUT2D eigenvalue weighted by molar-refractivity contribution is 8.77. The molecular weight excluding hydrogens is 681 g/mol. The maximum atomic E-state index is 12.9. The van der Waals surface area contributed by atoms with Gasteiger partial charge >= 0.3 is 17.9 Å². The summed E-state index contributed by atoms with van der Waals surface area (Å²) in [5.41, 5.74) is 16.2. The van der Waals surface area contributed by atoms with Crippen LogP contribution in [-0.2, 0) is 38.4 Å². The van der Waals surface area contributed by atoms with E-state index in [4.69, 9.17) is 32.5 Å². The summed E-state index contributed by atoms with van der Waals surface area (Å²) < 4.78 is 0. The number of carboxylic acids is 3. The predicted molar refractivity (Wildman–Crippen MR) is 169 cm³/mol. The van der Waals surface area contributed by atoms with Gasteiger partial charge < -0.3 is 59.1 Å². The number of hydrogen-bond acceptors (Lipinski definition) is 15. The Balaban J connectivity index is 5.50. The average Bonchev–Trinajstić information content (AvgIpc) is 2.98. The summed E-state index contributed by atoms with van der Waals surface area (Å²) in [7, 11) is 4.13. The van der Waals surface area contributed by atoms with Crippen molar-refractivity contribution in [3.05, 3.63) is 0 Å². The highest BCUT2D eigenvalue weighted by Gasteiger charge is 2.29. The van der Waals surface area contributed by atoms with Crippen molar-refractivity contribution in [2.75, 3.05) is 37.7 Å². The van der Waals surface area contributed by atoms with Crippen molar-refractivity contribution in [1.82, 2.24) is 26.6 Å². The van der Waals surface area contributed by atoms with Gasteiger partial charge in [0.2, 0.25) is 17.7 Å². The zero-order valence-corrected chi connectivity index (χ0v) is 27.1. The number of carbonyl (C=O) groups excluding carboxylic acids is 5. The molecule has 45 heavy (non-hydrogen) atoms. The molecule has 0 aliphatic carbocycles. The van der Waals surface area contributed by atoms with E-state index in [1.54, 1.807) is 0 Å². The van der Waals surface area contributed by atoms with E-state index in [0.717, 1.165) is 5.75 Å². The first-order valence-corrected chi connectivity index (χ1v) is 17.8. The molecule has 1 unspecified atom stereocenters. The van der Waals surface area contributed by atoms with Crippen molar-refractivity contribution >= 4 is 90.6 Å². The number of carbonyl (C=O) groups is 8. The molecule has 5 amide bonds. The number of aliphatic carboxylic acids is 3. The van der Waals surface area contributed by atoms with Crippen LogP contribution in [0.4, 0.5) is 0 Å². The Morgan fingerprint density at radius 3 is 1.49 bits per heavy atom. The van der Waals surface area contributed by atoms with Crippen molar-refractivity contribution in [2.24, 2.45) is 17.2 Å². The number of carboxylic acid groups (broad SMARTS) is 3. The van der Waals surface area contributed by atoms with Crippen LogP contribution in [0, 0.1) is 0 Å². The lowest BCUT2D eigenvalue weighted by atomic mass is 10.1. The summed E-state index contributed by atoms with van der Waals surface area (Å²) in [4.78, 5) is 95.3. The average molecular weight is 719 g/mol. The van der Waals surface area contributed by atoms with E-state index in [-0.39, 0.29) is 12.8 Å². The Morgan fingerprint density at radius 2 is 1.07 bits per heavy atom. The third-order valence-corrected chi connectivity index (χ3v) is 10.0. The van der Waals surface area contributed by atoms with Crippen LogP contribution >= 0.6 is 43.2 Å². The number of nitrogens with one attached hydrogen (secondary N) is 5. The number of nitrogens with two attached hydrogens (primary N) is 3. The molecule has 0 aromatic carbocycles. The zero-order valence-electron chi connectivity index (χ0n) is 23.9. The Bertz CT molecular complexity index is 1040. The standard InChI is InChI=1S/C22H38N8O11S4/c23-5-7-42-43-8-6-26-15(33)9-27-17(36)19(29-13(31)3-1-11(24)21(38)39)44-45-20(18(37)28-10-16(34)35)30-14(32)4-2-12(25)22(40)41/h11-12,19-20H,1-10,23-25H2,(H,26,33)(H,27,36)(H,28,37)(H,29,31)(H,30,32)(H,34,35)(H,38,39)(H,40,41)/t11-,12-,19?,20-/m0/s1. The first kappa shape index (κ1) is 42.0. The first-order chi connectivity index (χ1) is 21.2. The molecule has 0 aromatic heterocycles. The summed E-state index contributed by atoms with van der Waals surface area (Å²) in [6, 6.07) is -2.71. The monoisotopic (exact) mass is 718 g/mol. The molecule has 0 radical (unpaired) electrons. The summed E-state index contributed by atoms with van der Waals surface area (Å²) in [6.45, 7) is -0.484. The largest absolute Gasteiger partial charge is 0.480 e. The number of amides is 5. The van der Waals surface area contributed by atoms with Crippen LogP contribution < -0.4 is 43.8 Å². The van der Waals surface area contributed by atoms with E-state index in [2.05, 4.69) is 26.6 Å².